The van der Waals surface area contributed by atoms with Crippen molar-refractivity contribution in [2.45, 2.75) is 32.9 Å². The van der Waals surface area contributed by atoms with Crippen LogP contribution in [0.3, 0.4) is 0 Å². The fourth-order valence-electron chi connectivity index (χ4n) is 2.92. The van der Waals surface area contributed by atoms with E-state index in [0.717, 1.165) is 16.8 Å². The van der Waals surface area contributed by atoms with Gasteiger partial charge in [0.2, 0.25) is 5.91 Å². The highest BCUT2D eigenvalue weighted by Gasteiger charge is 2.16. The maximum atomic E-state index is 12.9. The van der Waals surface area contributed by atoms with Gasteiger partial charge in [-0.3, -0.25) is 14.5 Å². The summed E-state index contributed by atoms with van der Waals surface area (Å²) in [7, 11) is 1.89. The van der Waals surface area contributed by atoms with Gasteiger partial charge in [0.05, 0.1) is 18.4 Å². The number of amides is 1. The molecule has 26 heavy (non-hydrogen) atoms. The average Bonchev–Trinajstić information content (AvgIpc) is 3.07. The SMILES string of the molecule is Cc1ccccc1CN(Cc1ccccn1)C(=O)CCc1cnn(C)c1. The summed E-state index contributed by atoms with van der Waals surface area (Å²) in [4.78, 5) is 19.2. The summed E-state index contributed by atoms with van der Waals surface area (Å²) in [6, 6.07) is 14.0. The Balaban J connectivity index is 1.72. The molecule has 0 spiro atoms. The maximum Gasteiger partial charge on any atom is 0.223 e. The van der Waals surface area contributed by atoms with E-state index in [1.54, 1.807) is 10.9 Å². The van der Waals surface area contributed by atoms with Crippen molar-refractivity contribution < 1.29 is 4.79 Å². The second kappa shape index (κ2) is 8.43. The number of benzene rings is 1. The summed E-state index contributed by atoms with van der Waals surface area (Å²) in [5.74, 6) is 0.128. The van der Waals surface area contributed by atoms with Crippen molar-refractivity contribution in [2.75, 3.05) is 0 Å². The Kier molecular flexibility index (Phi) is 5.79. The van der Waals surface area contributed by atoms with Crippen molar-refractivity contribution in [3.05, 3.63) is 83.4 Å². The molecule has 134 valence electrons. The van der Waals surface area contributed by atoms with Gasteiger partial charge in [-0.05, 0) is 42.2 Å². The number of hydrogen-bond acceptors (Lipinski definition) is 3. The zero-order valence-corrected chi connectivity index (χ0v) is 15.3. The highest BCUT2D eigenvalue weighted by molar-refractivity contribution is 5.76. The Morgan fingerprint density at radius 2 is 1.92 bits per heavy atom. The van der Waals surface area contributed by atoms with Gasteiger partial charge in [0, 0.05) is 32.4 Å². The van der Waals surface area contributed by atoms with Gasteiger partial charge < -0.3 is 4.90 Å². The molecule has 2 heterocycles. The van der Waals surface area contributed by atoms with Crippen LogP contribution in [0.4, 0.5) is 0 Å². The monoisotopic (exact) mass is 348 g/mol. The van der Waals surface area contributed by atoms with Crippen molar-refractivity contribution in [1.29, 1.82) is 0 Å². The lowest BCUT2D eigenvalue weighted by molar-refractivity contribution is -0.132. The topological polar surface area (TPSA) is 51.0 Å². The molecule has 0 saturated carbocycles. The lowest BCUT2D eigenvalue weighted by Gasteiger charge is -2.23. The normalized spacial score (nSPS) is 10.7. The van der Waals surface area contributed by atoms with E-state index in [-0.39, 0.29) is 5.91 Å². The van der Waals surface area contributed by atoms with E-state index < -0.39 is 0 Å². The maximum absolute atomic E-state index is 12.9. The van der Waals surface area contributed by atoms with Gasteiger partial charge in [0.15, 0.2) is 0 Å². The minimum atomic E-state index is 0.128. The molecule has 3 aromatic rings. The van der Waals surface area contributed by atoms with E-state index in [1.165, 1.54) is 5.56 Å². The van der Waals surface area contributed by atoms with Gasteiger partial charge >= 0.3 is 0 Å². The van der Waals surface area contributed by atoms with Crippen LogP contribution in [0.15, 0.2) is 61.1 Å². The number of aromatic nitrogens is 3. The molecule has 0 aliphatic heterocycles. The Morgan fingerprint density at radius 3 is 2.62 bits per heavy atom. The van der Waals surface area contributed by atoms with Crippen LogP contribution in [0, 0.1) is 6.92 Å². The predicted octanol–water partition coefficient (Wildman–Crippen LogP) is 3.29. The molecule has 1 amide bonds. The summed E-state index contributed by atoms with van der Waals surface area (Å²) in [6.45, 7) is 3.19. The molecule has 0 unspecified atom stereocenters. The lowest BCUT2D eigenvalue weighted by atomic mass is 10.1. The summed E-state index contributed by atoms with van der Waals surface area (Å²) in [5, 5.41) is 4.17. The first-order valence-electron chi connectivity index (χ1n) is 8.81. The summed E-state index contributed by atoms with van der Waals surface area (Å²) in [6.07, 6.45) is 6.69. The first-order chi connectivity index (χ1) is 12.6. The number of hydrogen-bond donors (Lipinski definition) is 0. The zero-order valence-electron chi connectivity index (χ0n) is 15.3. The fraction of sp³-hybridized carbons (Fsp3) is 0.286. The van der Waals surface area contributed by atoms with Crippen LogP contribution in [0.2, 0.25) is 0 Å². The van der Waals surface area contributed by atoms with Gasteiger partial charge in [-0.2, -0.15) is 5.10 Å². The third kappa shape index (κ3) is 4.79. The molecule has 3 rings (SSSR count). The molecular formula is C21H24N4O. The number of aryl methyl sites for hydroxylation is 3. The largest absolute Gasteiger partial charge is 0.332 e. The highest BCUT2D eigenvalue weighted by Crippen LogP contribution is 2.15. The van der Waals surface area contributed by atoms with Crippen molar-refractivity contribution in [1.82, 2.24) is 19.7 Å². The van der Waals surface area contributed by atoms with Crippen molar-refractivity contribution in [3.8, 4) is 0 Å². The lowest BCUT2D eigenvalue weighted by Crippen LogP contribution is -2.31. The Hall–Kier alpha value is -2.95. The number of carbonyl (C=O) groups excluding carboxylic acids is 1. The fourth-order valence-corrected chi connectivity index (χ4v) is 2.92. The molecule has 0 aliphatic rings. The predicted molar refractivity (Wildman–Crippen MR) is 101 cm³/mol. The van der Waals surface area contributed by atoms with Crippen LogP contribution in [0.1, 0.15) is 28.8 Å². The van der Waals surface area contributed by atoms with Crippen molar-refractivity contribution in [2.24, 2.45) is 7.05 Å². The standard InChI is InChI=1S/C21H24N4O/c1-17-7-3-4-8-19(17)15-25(16-20-9-5-6-12-22-20)21(26)11-10-18-13-23-24(2)14-18/h3-9,12-14H,10-11,15-16H2,1-2H3. The molecule has 5 heteroatoms. The molecule has 0 aliphatic carbocycles. The van der Waals surface area contributed by atoms with Crippen LogP contribution in [0.25, 0.3) is 0 Å². The quantitative estimate of drug-likeness (QED) is 0.658. The van der Waals surface area contributed by atoms with Crippen molar-refractivity contribution in [3.63, 3.8) is 0 Å². The average molecular weight is 348 g/mol. The summed E-state index contributed by atoms with van der Waals surface area (Å²) >= 11 is 0. The summed E-state index contributed by atoms with van der Waals surface area (Å²) < 4.78 is 1.76. The minimum absolute atomic E-state index is 0.128. The van der Waals surface area contributed by atoms with Gasteiger partial charge in [-0.25, -0.2) is 0 Å². The van der Waals surface area contributed by atoms with Crippen LogP contribution < -0.4 is 0 Å². The molecule has 1 aromatic carbocycles. The third-order valence-electron chi connectivity index (χ3n) is 4.44. The second-order valence-electron chi connectivity index (χ2n) is 6.52. The highest BCUT2D eigenvalue weighted by atomic mass is 16.2. The van der Waals surface area contributed by atoms with Crippen LogP contribution >= 0.6 is 0 Å². The number of nitrogens with zero attached hydrogens (tertiary/aromatic N) is 4. The Morgan fingerprint density at radius 1 is 1.12 bits per heavy atom. The second-order valence-corrected chi connectivity index (χ2v) is 6.52. The number of carbonyl (C=O) groups is 1. The summed E-state index contributed by atoms with van der Waals surface area (Å²) in [5.41, 5.74) is 4.34. The van der Waals surface area contributed by atoms with Crippen LogP contribution in [0.5, 0.6) is 0 Å². The minimum Gasteiger partial charge on any atom is -0.332 e. The van der Waals surface area contributed by atoms with Gasteiger partial charge in [-0.15, -0.1) is 0 Å². The molecule has 2 aromatic heterocycles. The first-order valence-corrected chi connectivity index (χ1v) is 8.81. The van der Waals surface area contributed by atoms with Crippen molar-refractivity contribution >= 4 is 5.91 Å². The molecule has 0 saturated heterocycles. The van der Waals surface area contributed by atoms with E-state index in [4.69, 9.17) is 0 Å². The molecule has 0 bridgehead atoms. The van der Waals surface area contributed by atoms with E-state index >= 15 is 0 Å². The molecule has 0 N–H and O–H groups in total. The Bertz CT molecular complexity index is 857. The van der Waals surface area contributed by atoms with Gasteiger partial charge in [-0.1, -0.05) is 30.3 Å². The van der Waals surface area contributed by atoms with E-state index in [2.05, 4.69) is 29.1 Å². The van der Waals surface area contributed by atoms with Gasteiger partial charge in [0.25, 0.3) is 0 Å². The molecular weight excluding hydrogens is 324 g/mol. The Labute approximate surface area is 154 Å². The molecule has 5 nitrogen and oxygen atoms in total. The van der Waals surface area contributed by atoms with E-state index in [1.807, 2.05) is 54.7 Å². The molecule has 0 radical (unpaired) electrons. The zero-order chi connectivity index (χ0) is 18.4. The van der Waals surface area contributed by atoms with Gasteiger partial charge in [0.1, 0.15) is 0 Å². The van der Waals surface area contributed by atoms with Crippen LogP contribution in [-0.2, 0) is 31.4 Å². The van der Waals surface area contributed by atoms with Crippen LogP contribution in [-0.4, -0.2) is 25.6 Å². The number of pyridine rings is 1. The van der Waals surface area contributed by atoms with E-state index in [0.29, 0.717) is 25.9 Å². The first kappa shape index (κ1) is 17.9. The smallest absolute Gasteiger partial charge is 0.223 e. The third-order valence-corrected chi connectivity index (χ3v) is 4.44. The molecule has 0 fully saturated rings. The molecule has 0 atom stereocenters. The number of rotatable bonds is 7. The van der Waals surface area contributed by atoms with E-state index in [9.17, 15) is 4.79 Å².